The predicted octanol–water partition coefficient (Wildman–Crippen LogP) is 0.971. The lowest BCUT2D eigenvalue weighted by Gasteiger charge is -2.30. The second kappa shape index (κ2) is 6.17. The molecule has 3 heterocycles. The molecule has 0 bridgehead atoms. The molecule has 0 aliphatic carbocycles. The van der Waals surface area contributed by atoms with Crippen LogP contribution in [0.5, 0.6) is 0 Å². The minimum Gasteiger partial charge on any atom is -0.395 e. The maximum Gasteiger partial charge on any atom is 0.230 e. The highest BCUT2D eigenvalue weighted by molar-refractivity contribution is 6.20. The number of rotatable bonds is 2. The largest absolute Gasteiger partial charge is 0.395 e. The number of alkyl halides is 1. The first-order chi connectivity index (χ1) is 10.2. The maximum absolute atomic E-state index is 12.5. The third-order valence-corrected chi connectivity index (χ3v) is 4.16. The quantitative estimate of drug-likeness (QED) is 0.825. The normalized spacial score (nSPS) is 25.9. The molecular weight excluding hydrogens is 294 g/mol. The number of hydrogen-bond acceptors (Lipinski definition) is 5. The summed E-state index contributed by atoms with van der Waals surface area (Å²) < 4.78 is 5.50. The van der Waals surface area contributed by atoms with Crippen molar-refractivity contribution >= 4 is 29.0 Å². The number of carbonyl (C=O) groups is 1. The van der Waals surface area contributed by atoms with Gasteiger partial charge in [0.05, 0.1) is 32.0 Å². The Kier molecular flexibility index (Phi) is 4.28. The topological polar surface area (TPSA) is 65.9 Å². The average molecular weight is 312 g/mol. The van der Waals surface area contributed by atoms with Crippen LogP contribution >= 0.6 is 11.6 Å². The molecule has 1 fully saturated rings. The van der Waals surface area contributed by atoms with Crippen molar-refractivity contribution in [3.05, 3.63) is 18.3 Å². The Morgan fingerprint density at radius 3 is 3.19 bits per heavy atom. The van der Waals surface area contributed by atoms with Crippen molar-refractivity contribution in [1.82, 2.24) is 4.98 Å². The summed E-state index contributed by atoms with van der Waals surface area (Å²) in [4.78, 5) is 20.5. The highest BCUT2D eigenvalue weighted by Crippen LogP contribution is 2.35. The van der Waals surface area contributed by atoms with Crippen molar-refractivity contribution in [3.8, 4) is 0 Å². The van der Waals surface area contributed by atoms with Crippen molar-refractivity contribution in [1.29, 1.82) is 0 Å². The Bertz CT molecular complexity index is 528. The van der Waals surface area contributed by atoms with Crippen LogP contribution in [-0.4, -0.2) is 53.9 Å². The van der Waals surface area contributed by atoms with E-state index in [9.17, 15) is 9.90 Å². The first kappa shape index (κ1) is 14.6. The number of ether oxygens (including phenoxy) is 1. The summed E-state index contributed by atoms with van der Waals surface area (Å²) in [6.07, 6.45) is 2.78. The molecule has 1 N–H and O–H groups in total. The molecule has 1 saturated heterocycles. The fraction of sp³-hybridized carbons (Fsp3) is 0.571. The molecule has 2 unspecified atom stereocenters. The van der Waals surface area contributed by atoms with Crippen LogP contribution in [0, 0.1) is 0 Å². The van der Waals surface area contributed by atoms with Gasteiger partial charge in [0.1, 0.15) is 5.56 Å². The Morgan fingerprint density at radius 2 is 2.38 bits per heavy atom. The van der Waals surface area contributed by atoms with Crippen LogP contribution in [0.3, 0.4) is 0 Å². The molecule has 6 nitrogen and oxygen atoms in total. The molecule has 114 valence electrons. The number of nitrogens with zero attached hydrogens (tertiary/aromatic N) is 3. The van der Waals surface area contributed by atoms with E-state index in [-0.39, 0.29) is 25.1 Å². The SMILES string of the molecule is O=C1CC2CCOC(Cl)CN2c2cccnc2N1CCO. The second-order valence-electron chi connectivity index (χ2n) is 5.19. The molecular formula is C14H18ClN3O3. The Labute approximate surface area is 128 Å². The van der Waals surface area contributed by atoms with Crippen LogP contribution in [0.2, 0.25) is 0 Å². The summed E-state index contributed by atoms with van der Waals surface area (Å²) in [5.74, 6) is 0.564. The first-order valence-corrected chi connectivity index (χ1v) is 7.53. The number of aliphatic hydroxyl groups is 1. The monoisotopic (exact) mass is 311 g/mol. The molecule has 1 amide bonds. The minimum atomic E-state index is -0.400. The molecule has 1 aromatic heterocycles. The van der Waals surface area contributed by atoms with Crippen LogP contribution in [0.4, 0.5) is 11.5 Å². The summed E-state index contributed by atoms with van der Waals surface area (Å²) in [6, 6.07) is 3.83. The fourth-order valence-electron chi connectivity index (χ4n) is 2.93. The molecule has 2 aliphatic rings. The lowest BCUT2D eigenvalue weighted by molar-refractivity contribution is -0.119. The van der Waals surface area contributed by atoms with E-state index in [1.165, 1.54) is 0 Å². The van der Waals surface area contributed by atoms with Crippen molar-refractivity contribution in [2.45, 2.75) is 24.4 Å². The van der Waals surface area contributed by atoms with Gasteiger partial charge in [-0.3, -0.25) is 9.69 Å². The molecule has 2 aliphatic heterocycles. The smallest absolute Gasteiger partial charge is 0.230 e. The van der Waals surface area contributed by atoms with Gasteiger partial charge in [0.15, 0.2) is 5.82 Å². The summed E-state index contributed by atoms with van der Waals surface area (Å²) in [6.45, 7) is 1.22. The number of amides is 1. The number of aromatic nitrogens is 1. The number of anilines is 2. The molecule has 7 heteroatoms. The third-order valence-electron chi connectivity index (χ3n) is 3.90. The highest BCUT2D eigenvalue weighted by Gasteiger charge is 2.35. The highest BCUT2D eigenvalue weighted by atomic mass is 35.5. The molecule has 0 saturated carbocycles. The average Bonchev–Trinajstić information content (AvgIpc) is 2.71. The molecule has 0 radical (unpaired) electrons. The van der Waals surface area contributed by atoms with Gasteiger partial charge >= 0.3 is 0 Å². The van der Waals surface area contributed by atoms with E-state index in [1.807, 2.05) is 12.1 Å². The van der Waals surface area contributed by atoms with E-state index in [1.54, 1.807) is 11.1 Å². The maximum atomic E-state index is 12.5. The van der Waals surface area contributed by atoms with E-state index >= 15 is 0 Å². The number of β-amino-alcohol motifs (C(OH)–C–C–N with tert-alkyl or cyclic N) is 1. The van der Waals surface area contributed by atoms with E-state index in [0.29, 0.717) is 25.4 Å². The van der Waals surface area contributed by atoms with Gasteiger partial charge < -0.3 is 14.7 Å². The van der Waals surface area contributed by atoms with Crippen LogP contribution in [0.15, 0.2) is 18.3 Å². The van der Waals surface area contributed by atoms with Gasteiger partial charge in [-0.05, 0) is 18.6 Å². The molecule has 1 aromatic rings. The first-order valence-electron chi connectivity index (χ1n) is 7.09. The number of aliphatic hydroxyl groups excluding tert-OH is 1. The van der Waals surface area contributed by atoms with Gasteiger partial charge in [-0.1, -0.05) is 11.6 Å². The summed E-state index contributed by atoms with van der Waals surface area (Å²) in [7, 11) is 0. The number of halogens is 1. The molecule has 0 spiro atoms. The Morgan fingerprint density at radius 1 is 1.52 bits per heavy atom. The molecule has 21 heavy (non-hydrogen) atoms. The van der Waals surface area contributed by atoms with Crippen molar-refractivity contribution in [2.24, 2.45) is 0 Å². The van der Waals surface area contributed by atoms with Crippen molar-refractivity contribution < 1.29 is 14.6 Å². The number of fused-ring (bicyclic) bond motifs is 3. The van der Waals surface area contributed by atoms with Gasteiger partial charge in [-0.15, -0.1) is 0 Å². The predicted molar refractivity (Wildman–Crippen MR) is 79.6 cm³/mol. The lowest BCUT2D eigenvalue weighted by atomic mass is 10.1. The van der Waals surface area contributed by atoms with E-state index < -0.39 is 5.56 Å². The van der Waals surface area contributed by atoms with Crippen molar-refractivity contribution in [3.63, 3.8) is 0 Å². The lowest BCUT2D eigenvalue weighted by Crippen LogP contribution is -2.38. The zero-order valence-corrected chi connectivity index (χ0v) is 12.4. The van der Waals surface area contributed by atoms with Gasteiger partial charge in [0.25, 0.3) is 0 Å². The molecule has 3 rings (SSSR count). The van der Waals surface area contributed by atoms with Gasteiger partial charge in [0.2, 0.25) is 5.91 Å². The molecule has 2 atom stereocenters. The number of carbonyl (C=O) groups excluding carboxylic acids is 1. The minimum absolute atomic E-state index is 0.0236. The van der Waals surface area contributed by atoms with E-state index in [2.05, 4.69) is 9.88 Å². The standard InChI is InChI=1S/C14H18ClN3O3/c15-12-9-18-10(3-7-21-12)8-13(20)17(5-6-19)14-11(18)2-1-4-16-14/h1-2,4,10,12,19H,3,5-9H2. The fourth-order valence-corrected chi connectivity index (χ4v) is 3.17. The Balaban J connectivity index is 2.04. The zero-order chi connectivity index (χ0) is 14.8. The van der Waals surface area contributed by atoms with Crippen LogP contribution < -0.4 is 9.80 Å². The number of hydrogen-bond donors (Lipinski definition) is 1. The van der Waals surface area contributed by atoms with Crippen LogP contribution in [0.1, 0.15) is 12.8 Å². The Hall–Kier alpha value is -1.37. The van der Waals surface area contributed by atoms with Crippen molar-refractivity contribution in [2.75, 3.05) is 36.1 Å². The zero-order valence-electron chi connectivity index (χ0n) is 11.6. The summed E-state index contributed by atoms with van der Waals surface area (Å²) in [5, 5.41) is 9.22. The van der Waals surface area contributed by atoms with E-state index in [0.717, 1.165) is 12.1 Å². The molecule has 0 aromatic carbocycles. The summed E-state index contributed by atoms with van der Waals surface area (Å²) in [5.41, 5.74) is 0.473. The summed E-state index contributed by atoms with van der Waals surface area (Å²) >= 11 is 6.17. The van der Waals surface area contributed by atoms with Gasteiger partial charge in [-0.2, -0.15) is 0 Å². The van der Waals surface area contributed by atoms with E-state index in [4.69, 9.17) is 16.3 Å². The van der Waals surface area contributed by atoms with Gasteiger partial charge in [-0.25, -0.2) is 4.98 Å². The van der Waals surface area contributed by atoms with Gasteiger partial charge in [0, 0.05) is 18.7 Å². The third kappa shape index (κ3) is 2.84. The van der Waals surface area contributed by atoms with Crippen LogP contribution in [-0.2, 0) is 9.53 Å². The van der Waals surface area contributed by atoms with Crippen LogP contribution in [0.25, 0.3) is 0 Å². The number of pyridine rings is 1. The second-order valence-corrected chi connectivity index (χ2v) is 5.68.